The van der Waals surface area contributed by atoms with E-state index in [-0.39, 0.29) is 47.2 Å². The van der Waals surface area contributed by atoms with Gasteiger partial charge in [0, 0.05) is 12.1 Å². The fourth-order valence-corrected chi connectivity index (χ4v) is 4.48. The Labute approximate surface area is 120 Å². The lowest BCUT2D eigenvalue weighted by Gasteiger charge is -2.27. The SMILES string of the molecule is O=C1OC(=O)C2C3CC(CC3c3ccc([N+](=O)[O-])cc3)C12. The second-order valence-corrected chi connectivity index (χ2v) is 6.14. The van der Waals surface area contributed by atoms with Gasteiger partial charge in [0.05, 0.1) is 16.8 Å². The van der Waals surface area contributed by atoms with E-state index in [9.17, 15) is 19.7 Å². The largest absolute Gasteiger partial charge is 0.393 e. The maximum atomic E-state index is 11.8. The highest BCUT2D eigenvalue weighted by Gasteiger charge is 2.63. The molecule has 6 nitrogen and oxygen atoms in total. The zero-order valence-corrected chi connectivity index (χ0v) is 11.1. The molecule has 5 atom stereocenters. The summed E-state index contributed by atoms with van der Waals surface area (Å²) in [5.74, 6) is -0.785. The number of cyclic esters (lactones) is 2. The van der Waals surface area contributed by atoms with Gasteiger partial charge in [0.1, 0.15) is 0 Å². The van der Waals surface area contributed by atoms with Crippen molar-refractivity contribution in [1.82, 2.24) is 0 Å². The molecule has 2 aliphatic carbocycles. The predicted octanol–water partition coefficient (Wildman–Crippen LogP) is 2.03. The lowest BCUT2D eigenvalue weighted by Crippen LogP contribution is -2.29. The average molecular weight is 287 g/mol. The number of nitro groups is 1. The third-order valence-electron chi connectivity index (χ3n) is 5.28. The average Bonchev–Trinajstić information content (AvgIpc) is 3.12. The Kier molecular flexibility index (Phi) is 2.46. The first kappa shape index (κ1) is 12.5. The van der Waals surface area contributed by atoms with Crippen LogP contribution in [0.25, 0.3) is 0 Å². The van der Waals surface area contributed by atoms with E-state index in [1.54, 1.807) is 12.1 Å². The molecule has 0 aromatic heterocycles. The third-order valence-corrected chi connectivity index (χ3v) is 5.28. The van der Waals surface area contributed by atoms with Gasteiger partial charge in [0.15, 0.2) is 0 Å². The Morgan fingerprint density at radius 3 is 2.38 bits per heavy atom. The summed E-state index contributed by atoms with van der Waals surface area (Å²) in [5, 5.41) is 10.7. The Morgan fingerprint density at radius 2 is 1.71 bits per heavy atom. The molecule has 108 valence electrons. The molecular formula is C15H13NO5. The van der Waals surface area contributed by atoms with Crippen molar-refractivity contribution < 1.29 is 19.2 Å². The van der Waals surface area contributed by atoms with Gasteiger partial charge in [-0.25, -0.2) is 0 Å². The quantitative estimate of drug-likeness (QED) is 0.359. The molecule has 3 fully saturated rings. The van der Waals surface area contributed by atoms with Crippen LogP contribution in [0.15, 0.2) is 24.3 Å². The van der Waals surface area contributed by atoms with Gasteiger partial charge in [0.2, 0.25) is 0 Å². The molecule has 2 bridgehead atoms. The number of hydrogen-bond donors (Lipinski definition) is 0. The molecule has 2 saturated carbocycles. The minimum Gasteiger partial charge on any atom is -0.393 e. The fraction of sp³-hybridized carbons (Fsp3) is 0.467. The van der Waals surface area contributed by atoms with Gasteiger partial charge in [-0.3, -0.25) is 19.7 Å². The molecule has 0 radical (unpaired) electrons. The number of rotatable bonds is 2. The molecule has 1 saturated heterocycles. The van der Waals surface area contributed by atoms with Crippen LogP contribution in [0.5, 0.6) is 0 Å². The lowest BCUT2D eigenvalue weighted by atomic mass is 9.73. The molecule has 0 amide bonds. The van der Waals surface area contributed by atoms with Crippen molar-refractivity contribution in [3.63, 3.8) is 0 Å². The zero-order valence-electron chi connectivity index (χ0n) is 11.1. The molecule has 21 heavy (non-hydrogen) atoms. The first-order valence-corrected chi connectivity index (χ1v) is 7.06. The fourth-order valence-electron chi connectivity index (χ4n) is 4.48. The number of nitro benzene ring substituents is 1. The van der Waals surface area contributed by atoms with E-state index in [1.165, 1.54) is 12.1 Å². The summed E-state index contributed by atoms with van der Waals surface area (Å²) in [4.78, 5) is 33.8. The van der Waals surface area contributed by atoms with E-state index in [1.807, 2.05) is 0 Å². The summed E-state index contributed by atoms with van der Waals surface area (Å²) >= 11 is 0. The number of hydrogen-bond acceptors (Lipinski definition) is 5. The molecule has 0 spiro atoms. The molecule has 1 aliphatic heterocycles. The lowest BCUT2D eigenvalue weighted by molar-refractivity contribution is -0.384. The van der Waals surface area contributed by atoms with Crippen molar-refractivity contribution in [3.8, 4) is 0 Å². The number of carbonyl (C=O) groups is 2. The van der Waals surface area contributed by atoms with E-state index < -0.39 is 4.92 Å². The molecule has 1 heterocycles. The number of benzene rings is 1. The highest BCUT2D eigenvalue weighted by molar-refractivity contribution is 5.97. The van der Waals surface area contributed by atoms with Crippen LogP contribution in [0.1, 0.15) is 24.3 Å². The van der Waals surface area contributed by atoms with Crippen molar-refractivity contribution in [2.75, 3.05) is 0 Å². The van der Waals surface area contributed by atoms with Gasteiger partial charge in [0.25, 0.3) is 5.69 Å². The molecular weight excluding hydrogens is 274 g/mol. The second kappa shape index (κ2) is 4.13. The number of carbonyl (C=O) groups excluding carboxylic acids is 2. The summed E-state index contributed by atoms with van der Waals surface area (Å²) < 4.78 is 4.78. The van der Waals surface area contributed by atoms with Gasteiger partial charge in [-0.05, 0) is 36.2 Å². The van der Waals surface area contributed by atoms with Crippen molar-refractivity contribution in [2.45, 2.75) is 18.8 Å². The van der Waals surface area contributed by atoms with Gasteiger partial charge in [-0.2, -0.15) is 0 Å². The predicted molar refractivity (Wildman–Crippen MR) is 70.1 cm³/mol. The smallest absolute Gasteiger partial charge is 0.317 e. The Hall–Kier alpha value is -2.24. The number of nitrogens with zero attached hydrogens (tertiary/aromatic N) is 1. The number of ether oxygens (including phenoxy) is 1. The third kappa shape index (κ3) is 1.65. The Bertz CT molecular complexity index is 653. The topological polar surface area (TPSA) is 86.5 Å². The maximum Gasteiger partial charge on any atom is 0.317 e. The van der Waals surface area contributed by atoms with Crippen LogP contribution < -0.4 is 0 Å². The van der Waals surface area contributed by atoms with Crippen LogP contribution in [0, 0.1) is 33.8 Å². The van der Waals surface area contributed by atoms with Crippen molar-refractivity contribution >= 4 is 17.6 Å². The van der Waals surface area contributed by atoms with Crippen molar-refractivity contribution in [3.05, 3.63) is 39.9 Å². The van der Waals surface area contributed by atoms with E-state index >= 15 is 0 Å². The monoisotopic (exact) mass is 287 g/mol. The standard InChI is InChI=1S/C15H13NO5/c17-14-12-8-5-10(11(6-8)13(12)15(18)21-14)7-1-3-9(4-2-7)16(19)20/h1-4,8,10-13H,5-6H2. The summed E-state index contributed by atoms with van der Waals surface area (Å²) in [7, 11) is 0. The van der Waals surface area contributed by atoms with Crippen LogP contribution in [0.2, 0.25) is 0 Å². The first-order valence-electron chi connectivity index (χ1n) is 7.06. The van der Waals surface area contributed by atoms with E-state index in [4.69, 9.17) is 4.74 Å². The minimum absolute atomic E-state index is 0.0650. The minimum atomic E-state index is -0.423. The van der Waals surface area contributed by atoms with Gasteiger partial charge in [-0.15, -0.1) is 0 Å². The Morgan fingerprint density at radius 1 is 1.05 bits per heavy atom. The zero-order chi connectivity index (χ0) is 14.7. The van der Waals surface area contributed by atoms with Gasteiger partial charge in [-0.1, -0.05) is 12.1 Å². The van der Waals surface area contributed by atoms with E-state index in [0.29, 0.717) is 0 Å². The van der Waals surface area contributed by atoms with Gasteiger partial charge < -0.3 is 4.74 Å². The summed E-state index contributed by atoms with van der Waals surface area (Å²) in [6, 6.07) is 6.52. The Balaban J connectivity index is 1.63. The normalized spacial score (nSPS) is 36.7. The summed E-state index contributed by atoms with van der Waals surface area (Å²) in [6.07, 6.45) is 1.73. The molecule has 3 aliphatic rings. The molecule has 1 aromatic carbocycles. The molecule has 6 heteroatoms. The van der Waals surface area contributed by atoms with Crippen LogP contribution in [0.4, 0.5) is 5.69 Å². The number of esters is 2. The van der Waals surface area contributed by atoms with Crippen LogP contribution in [-0.2, 0) is 14.3 Å². The highest BCUT2D eigenvalue weighted by Crippen LogP contribution is 2.61. The van der Waals surface area contributed by atoms with Crippen LogP contribution in [-0.4, -0.2) is 16.9 Å². The van der Waals surface area contributed by atoms with Crippen LogP contribution >= 0.6 is 0 Å². The summed E-state index contributed by atoms with van der Waals surface area (Å²) in [6.45, 7) is 0. The maximum absolute atomic E-state index is 11.8. The van der Waals surface area contributed by atoms with Crippen molar-refractivity contribution in [1.29, 1.82) is 0 Å². The van der Waals surface area contributed by atoms with E-state index in [0.717, 1.165) is 18.4 Å². The van der Waals surface area contributed by atoms with Crippen LogP contribution in [0.3, 0.4) is 0 Å². The summed E-state index contributed by atoms with van der Waals surface area (Å²) in [5.41, 5.74) is 1.08. The van der Waals surface area contributed by atoms with Gasteiger partial charge >= 0.3 is 11.9 Å². The molecule has 5 unspecified atom stereocenters. The second-order valence-electron chi connectivity index (χ2n) is 6.14. The molecule has 1 aromatic rings. The first-order chi connectivity index (χ1) is 10.1. The molecule has 0 N–H and O–H groups in total. The highest BCUT2D eigenvalue weighted by atomic mass is 16.6. The number of fused-ring (bicyclic) bond motifs is 5. The number of non-ortho nitro benzene ring substituents is 1. The van der Waals surface area contributed by atoms with E-state index in [2.05, 4.69) is 0 Å². The van der Waals surface area contributed by atoms with Crippen molar-refractivity contribution in [2.24, 2.45) is 23.7 Å². The molecule has 4 rings (SSSR count).